The number of thiophene rings is 1. The number of alkyl halides is 2. The van der Waals surface area contributed by atoms with E-state index in [2.05, 4.69) is 9.72 Å². The van der Waals surface area contributed by atoms with Crippen molar-refractivity contribution in [1.29, 1.82) is 0 Å². The third kappa shape index (κ3) is 4.53. The van der Waals surface area contributed by atoms with Crippen LogP contribution in [0.5, 0.6) is 5.75 Å². The molecule has 0 spiro atoms. The number of ether oxygens (including phenoxy) is 1. The predicted octanol–water partition coefficient (Wildman–Crippen LogP) is 3.28. The molecule has 0 bridgehead atoms. The minimum absolute atomic E-state index is 0.0564. The highest BCUT2D eigenvalue weighted by Gasteiger charge is 2.14. The van der Waals surface area contributed by atoms with Crippen molar-refractivity contribution in [2.45, 2.75) is 33.0 Å². The molecule has 1 aromatic carbocycles. The molecule has 9 heteroatoms. The number of amides is 1. The van der Waals surface area contributed by atoms with Crippen LogP contribution in [-0.4, -0.2) is 34.0 Å². The summed E-state index contributed by atoms with van der Waals surface area (Å²) in [5, 5.41) is 0.523. The van der Waals surface area contributed by atoms with Crippen LogP contribution in [0.1, 0.15) is 17.4 Å². The van der Waals surface area contributed by atoms with E-state index in [9.17, 15) is 18.4 Å². The lowest BCUT2D eigenvalue weighted by atomic mass is 10.2. The van der Waals surface area contributed by atoms with Gasteiger partial charge in [0.1, 0.15) is 17.1 Å². The highest BCUT2D eigenvalue weighted by molar-refractivity contribution is 7.18. The van der Waals surface area contributed by atoms with Gasteiger partial charge in [0.15, 0.2) is 0 Å². The Morgan fingerprint density at radius 3 is 2.68 bits per heavy atom. The topological polar surface area (TPSA) is 64.4 Å². The lowest BCUT2D eigenvalue weighted by Crippen LogP contribution is -2.33. The second-order valence-electron chi connectivity index (χ2n) is 6.23. The van der Waals surface area contributed by atoms with Gasteiger partial charge < -0.3 is 9.64 Å². The fraction of sp³-hybridized carbons (Fsp3) is 0.316. The van der Waals surface area contributed by atoms with E-state index in [1.54, 1.807) is 19.2 Å². The zero-order valence-electron chi connectivity index (χ0n) is 15.4. The van der Waals surface area contributed by atoms with E-state index in [0.29, 0.717) is 10.2 Å². The lowest BCUT2D eigenvalue weighted by Gasteiger charge is -2.18. The summed E-state index contributed by atoms with van der Waals surface area (Å²) in [6, 6.07) is 7.88. The van der Waals surface area contributed by atoms with Gasteiger partial charge in [-0.1, -0.05) is 19.1 Å². The Morgan fingerprint density at radius 2 is 2.04 bits per heavy atom. The summed E-state index contributed by atoms with van der Waals surface area (Å²) in [6.45, 7) is -0.719. The number of nitrogens with zero attached hydrogens (tertiary/aromatic N) is 3. The quantitative estimate of drug-likeness (QED) is 0.603. The van der Waals surface area contributed by atoms with Crippen molar-refractivity contribution >= 4 is 27.5 Å². The second kappa shape index (κ2) is 8.47. The maximum atomic E-state index is 12.6. The van der Waals surface area contributed by atoms with Gasteiger partial charge in [-0.2, -0.15) is 8.78 Å². The molecule has 1 amide bonds. The monoisotopic (exact) mass is 407 g/mol. The molecule has 148 valence electrons. The van der Waals surface area contributed by atoms with E-state index in [4.69, 9.17) is 0 Å². The van der Waals surface area contributed by atoms with Crippen LogP contribution in [0.2, 0.25) is 0 Å². The molecule has 0 atom stereocenters. The first-order valence-electron chi connectivity index (χ1n) is 8.63. The lowest BCUT2D eigenvalue weighted by molar-refractivity contribution is -0.131. The van der Waals surface area contributed by atoms with Crippen LogP contribution in [0.3, 0.4) is 0 Å². The van der Waals surface area contributed by atoms with Crippen molar-refractivity contribution in [2.75, 3.05) is 7.05 Å². The van der Waals surface area contributed by atoms with Gasteiger partial charge in [0.25, 0.3) is 5.56 Å². The summed E-state index contributed by atoms with van der Waals surface area (Å²) in [5.74, 6) is -0.206. The Kier molecular flexibility index (Phi) is 6.03. The van der Waals surface area contributed by atoms with Crippen molar-refractivity contribution in [2.24, 2.45) is 0 Å². The van der Waals surface area contributed by atoms with Gasteiger partial charge in [0.05, 0.1) is 11.7 Å². The largest absolute Gasteiger partial charge is 0.435 e. The van der Waals surface area contributed by atoms with Crippen molar-refractivity contribution < 1.29 is 18.3 Å². The number of hydrogen-bond donors (Lipinski definition) is 0. The maximum Gasteiger partial charge on any atom is 0.387 e. The van der Waals surface area contributed by atoms with Crippen LogP contribution in [-0.2, 0) is 24.3 Å². The normalized spacial score (nSPS) is 11.2. The van der Waals surface area contributed by atoms with E-state index in [-0.39, 0.29) is 30.3 Å². The molecular weight excluding hydrogens is 388 g/mol. The summed E-state index contributed by atoms with van der Waals surface area (Å²) in [7, 11) is 1.61. The Morgan fingerprint density at radius 1 is 1.32 bits per heavy atom. The number of rotatable bonds is 7. The third-order valence-electron chi connectivity index (χ3n) is 4.22. The van der Waals surface area contributed by atoms with Gasteiger partial charge in [0.2, 0.25) is 5.91 Å². The molecule has 0 saturated heterocycles. The first-order chi connectivity index (χ1) is 13.4. The van der Waals surface area contributed by atoms with Crippen molar-refractivity contribution in [3.05, 3.63) is 57.5 Å². The van der Waals surface area contributed by atoms with Crippen LogP contribution in [0, 0.1) is 0 Å². The Bertz CT molecular complexity index is 1030. The number of aryl methyl sites for hydroxylation is 1. The molecule has 0 radical (unpaired) electrons. The fourth-order valence-electron chi connectivity index (χ4n) is 2.70. The molecule has 0 aliphatic heterocycles. The summed E-state index contributed by atoms with van der Waals surface area (Å²) < 4.78 is 30.0. The molecule has 0 N–H and O–H groups in total. The number of fused-ring (bicyclic) bond motifs is 1. The highest BCUT2D eigenvalue weighted by Crippen LogP contribution is 2.21. The number of halogens is 2. The minimum atomic E-state index is -2.88. The number of hydrogen-bond acceptors (Lipinski definition) is 5. The predicted molar refractivity (Wildman–Crippen MR) is 103 cm³/mol. The number of carbonyl (C=O) groups excluding carboxylic acids is 1. The Hall–Kier alpha value is -2.81. The third-order valence-corrected chi connectivity index (χ3v) is 5.40. The van der Waals surface area contributed by atoms with Crippen molar-refractivity contribution in [1.82, 2.24) is 14.5 Å². The van der Waals surface area contributed by atoms with Gasteiger partial charge in [-0.25, -0.2) is 4.98 Å². The summed E-state index contributed by atoms with van der Waals surface area (Å²) in [4.78, 5) is 32.6. The van der Waals surface area contributed by atoms with E-state index in [1.165, 1.54) is 39.3 Å². The van der Waals surface area contributed by atoms with Crippen LogP contribution >= 0.6 is 11.3 Å². The second-order valence-corrected chi connectivity index (χ2v) is 7.35. The molecule has 0 aliphatic rings. The summed E-state index contributed by atoms with van der Waals surface area (Å²) in [5.41, 5.74) is 0.514. The van der Waals surface area contributed by atoms with E-state index >= 15 is 0 Å². The van der Waals surface area contributed by atoms with Crippen LogP contribution < -0.4 is 10.3 Å². The highest BCUT2D eigenvalue weighted by atomic mass is 32.1. The zero-order chi connectivity index (χ0) is 20.3. The molecule has 2 heterocycles. The molecule has 0 saturated carbocycles. The van der Waals surface area contributed by atoms with Crippen molar-refractivity contribution in [3.63, 3.8) is 0 Å². The van der Waals surface area contributed by atoms with Gasteiger partial charge in [0, 0.05) is 18.5 Å². The molecule has 0 unspecified atom stereocenters. The number of carbonyl (C=O) groups is 1. The minimum Gasteiger partial charge on any atom is -0.435 e. The first-order valence-corrected chi connectivity index (χ1v) is 9.44. The molecule has 0 fully saturated rings. The summed E-state index contributed by atoms with van der Waals surface area (Å²) >= 11 is 1.47. The van der Waals surface area contributed by atoms with Crippen molar-refractivity contribution in [3.8, 4) is 5.75 Å². The number of likely N-dealkylation sites (N-methyl/N-ethyl adjacent to an activating group) is 1. The standard InChI is InChI=1S/C19H19F2N3O3S/c1-3-14-8-15-17(28-14)22-11-24(18(15)26)10-16(25)23(2)9-12-4-6-13(7-5-12)27-19(20)21/h4-8,11,19H,3,9-10H2,1-2H3. The molecule has 6 nitrogen and oxygen atoms in total. The van der Waals surface area contributed by atoms with Gasteiger partial charge >= 0.3 is 6.61 Å². The summed E-state index contributed by atoms with van der Waals surface area (Å²) in [6.07, 6.45) is 2.21. The molecule has 3 aromatic rings. The molecule has 2 aromatic heterocycles. The average Bonchev–Trinajstić information content (AvgIpc) is 3.09. The van der Waals surface area contributed by atoms with E-state index in [1.807, 2.05) is 13.0 Å². The first kappa shape index (κ1) is 19.9. The number of aromatic nitrogens is 2. The van der Waals surface area contributed by atoms with Crippen LogP contribution in [0.25, 0.3) is 10.2 Å². The van der Waals surface area contributed by atoms with Gasteiger partial charge in [-0.15, -0.1) is 11.3 Å². The maximum absolute atomic E-state index is 12.6. The number of benzene rings is 1. The van der Waals surface area contributed by atoms with Crippen LogP contribution in [0.15, 0.2) is 41.5 Å². The Balaban J connectivity index is 1.68. The molecule has 28 heavy (non-hydrogen) atoms. The van der Waals surface area contributed by atoms with Gasteiger partial charge in [-0.3, -0.25) is 14.2 Å². The molecule has 0 aliphatic carbocycles. The van der Waals surface area contributed by atoms with E-state index in [0.717, 1.165) is 16.9 Å². The van der Waals surface area contributed by atoms with E-state index < -0.39 is 6.61 Å². The Labute approximate surface area is 164 Å². The molecular formula is C19H19F2N3O3S. The van der Waals surface area contributed by atoms with Crippen LogP contribution in [0.4, 0.5) is 8.78 Å². The molecule has 3 rings (SSSR count). The zero-order valence-corrected chi connectivity index (χ0v) is 16.2. The smallest absolute Gasteiger partial charge is 0.387 e. The average molecular weight is 407 g/mol. The van der Waals surface area contributed by atoms with Gasteiger partial charge in [-0.05, 0) is 30.2 Å². The fourth-order valence-corrected chi connectivity index (χ4v) is 3.63. The SMILES string of the molecule is CCc1cc2c(=O)n(CC(=O)N(C)Cc3ccc(OC(F)F)cc3)cnc2s1.